The Bertz CT molecular complexity index is 1050. The molecule has 1 atom stereocenters. The minimum Gasteiger partial charge on any atom is -0.355 e. The largest absolute Gasteiger partial charge is 0.355 e. The molecule has 0 spiro atoms. The molecule has 28 heavy (non-hydrogen) atoms. The number of aromatic nitrogens is 2. The maximum atomic E-state index is 14.2. The number of hydrogen-bond acceptors (Lipinski definition) is 3. The Morgan fingerprint density at radius 1 is 1.25 bits per heavy atom. The third-order valence-electron chi connectivity index (χ3n) is 4.87. The minimum atomic E-state index is -0.543. The highest BCUT2D eigenvalue weighted by atomic mass is 19.1. The van der Waals surface area contributed by atoms with Crippen molar-refractivity contribution < 1.29 is 18.4 Å². The topological polar surface area (TPSA) is 78.1 Å². The van der Waals surface area contributed by atoms with Crippen LogP contribution in [0.2, 0.25) is 0 Å². The number of fused-ring (bicyclic) bond motifs is 1. The van der Waals surface area contributed by atoms with E-state index in [0.717, 1.165) is 5.56 Å². The molecule has 1 fully saturated rings. The predicted octanol–water partition coefficient (Wildman–Crippen LogP) is 2.55. The molecule has 4 rings (SSSR count). The van der Waals surface area contributed by atoms with Gasteiger partial charge < -0.3 is 5.32 Å². The van der Waals surface area contributed by atoms with E-state index in [1.54, 1.807) is 24.3 Å². The molecule has 6 nitrogen and oxygen atoms in total. The lowest BCUT2D eigenvalue weighted by Crippen LogP contribution is -2.34. The Labute approximate surface area is 159 Å². The molecule has 2 heterocycles. The Balaban J connectivity index is 1.40. The number of aromatic amines is 1. The Kier molecular flexibility index (Phi) is 4.77. The van der Waals surface area contributed by atoms with Crippen LogP contribution in [0.4, 0.5) is 14.6 Å². The van der Waals surface area contributed by atoms with Crippen LogP contribution >= 0.6 is 0 Å². The number of halogens is 2. The van der Waals surface area contributed by atoms with Crippen LogP contribution in [0.3, 0.4) is 0 Å². The molecular formula is C20H18F2N4O2. The Morgan fingerprint density at radius 2 is 2.07 bits per heavy atom. The summed E-state index contributed by atoms with van der Waals surface area (Å²) < 4.78 is 27.4. The number of carbonyl (C=O) groups excluding carboxylic acids is 2. The first kappa shape index (κ1) is 18.1. The lowest BCUT2D eigenvalue weighted by molar-refractivity contribution is -0.126. The van der Waals surface area contributed by atoms with E-state index >= 15 is 0 Å². The number of H-pyrrole nitrogens is 1. The van der Waals surface area contributed by atoms with Crippen molar-refractivity contribution in [2.75, 3.05) is 18.0 Å². The van der Waals surface area contributed by atoms with Crippen molar-refractivity contribution >= 4 is 28.5 Å². The van der Waals surface area contributed by atoms with Gasteiger partial charge in [-0.3, -0.25) is 19.6 Å². The van der Waals surface area contributed by atoms with Crippen LogP contribution in [0.5, 0.6) is 0 Å². The van der Waals surface area contributed by atoms with E-state index in [1.807, 2.05) is 0 Å². The molecule has 0 bridgehead atoms. The van der Waals surface area contributed by atoms with Gasteiger partial charge in [-0.25, -0.2) is 8.78 Å². The van der Waals surface area contributed by atoms with Crippen LogP contribution in [-0.2, 0) is 16.0 Å². The summed E-state index contributed by atoms with van der Waals surface area (Å²) in [5.74, 6) is -1.67. The van der Waals surface area contributed by atoms with E-state index in [-0.39, 0.29) is 41.8 Å². The van der Waals surface area contributed by atoms with Crippen LogP contribution in [0, 0.1) is 17.6 Å². The van der Waals surface area contributed by atoms with Crippen molar-refractivity contribution in [3.05, 3.63) is 59.7 Å². The van der Waals surface area contributed by atoms with Gasteiger partial charge in [-0.05, 0) is 36.2 Å². The second kappa shape index (κ2) is 7.38. The fourth-order valence-corrected chi connectivity index (χ4v) is 3.46. The van der Waals surface area contributed by atoms with Gasteiger partial charge in [-0.2, -0.15) is 5.10 Å². The van der Waals surface area contributed by atoms with E-state index in [0.29, 0.717) is 18.5 Å². The van der Waals surface area contributed by atoms with Crippen molar-refractivity contribution in [2.24, 2.45) is 5.92 Å². The molecule has 144 valence electrons. The number of rotatable bonds is 5. The number of nitrogens with one attached hydrogen (secondary N) is 2. The predicted molar refractivity (Wildman–Crippen MR) is 99.6 cm³/mol. The molecule has 2 aromatic carbocycles. The first-order valence-electron chi connectivity index (χ1n) is 8.98. The smallest absolute Gasteiger partial charge is 0.229 e. The van der Waals surface area contributed by atoms with Gasteiger partial charge in [-0.1, -0.05) is 18.2 Å². The zero-order valence-electron chi connectivity index (χ0n) is 14.9. The van der Waals surface area contributed by atoms with E-state index in [1.165, 1.54) is 23.1 Å². The first-order chi connectivity index (χ1) is 13.5. The number of anilines is 1. The summed E-state index contributed by atoms with van der Waals surface area (Å²) in [4.78, 5) is 26.2. The van der Waals surface area contributed by atoms with Gasteiger partial charge in [0.2, 0.25) is 11.8 Å². The van der Waals surface area contributed by atoms with Crippen LogP contribution < -0.4 is 10.2 Å². The SMILES string of the molecule is O=C(NCCc1cccc(F)c1)[C@@H]1CC(=O)N(c2n[nH]c3cccc(F)c23)C1. The maximum absolute atomic E-state index is 14.2. The van der Waals surface area contributed by atoms with Gasteiger partial charge in [0, 0.05) is 19.5 Å². The molecule has 2 amide bonds. The lowest BCUT2D eigenvalue weighted by atomic mass is 10.1. The van der Waals surface area contributed by atoms with Crippen LogP contribution in [0.25, 0.3) is 10.9 Å². The van der Waals surface area contributed by atoms with E-state index in [2.05, 4.69) is 15.5 Å². The average Bonchev–Trinajstić information content (AvgIpc) is 3.26. The van der Waals surface area contributed by atoms with Crippen LogP contribution in [-0.4, -0.2) is 35.1 Å². The van der Waals surface area contributed by atoms with E-state index in [9.17, 15) is 18.4 Å². The highest BCUT2D eigenvalue weighted by Crippen LogP contribution is 2.31. The summed E-state index contributed by atoms with van der Waals surface area (Å²) in [6, 6.07) is 10.7. The van der Waals surface area contributed by atoms with Crippen molar-refractivity contribution in [3.63, 3.8) is 0 Å². The fourth-order valence-electron chi connectivity index (χ4n) is 3.46. The number of nitrogens with zero attached hydrogens (tertiary/aromatic N) is 2. The molecule has 1 aliphatic heterocycles. The summed E-state index contributed by atoms with van der Waals surface area (Å²) in [5.41, 5.74) is 1.27. The highest BCUT2D eigenvalue weighted by Gasteiger charge is 2.37. The van der Waals surface area contributed by atoms with E-state index < -0.39 is 11.7 Å². The number of hydrogen-bond donors (Lipinski definition) is 2. The molecule has 1 saturated heterocycles. The standard InChI is InChI=1S/C20H18F2N4O2/c21-14-4-1-3-12(9-14)7-8-23-20(28)13-10-17(27)26(11-13)19-18-15(22)5-2-6-16(18)24-25-19/h1-6,9,13H,7-8,10-11H2,(H,23,28)(H,24,25)/t13-/m1/s1. The van der Waals surface area contributed by atoms with Gasteiger partial charge >= 0.3 is 0 Å². The molecular weight excluding hydrogens is 366 g/mol. The third-order valence-corrected chi connectivity index (χ3v) is 4.87. The van der Waals surface area contributed by atoms with Crippen molar-refractivity contribution in [1.82, 2.24) is 15.5 Å². The zero-order valence-corrected chi connectivity index (χ0v) is 14.9. The van der Waals surface area contributed by atoms with Gasteiger partial charge in [0.15, 0.2) is 5.82 Å². The fraction of sp³-hybridized carbons (Fsp3) is 0.250. The summed E-state index contributed by atoms with van der Waals surface area (Å²) in [7, 11) is 0. The van der Waals surface area contributed by atoms with Crippen molar-refractivity contribution in [2.45, 2.75) is 12.8 Å². The normalized spacial score (nSPS) is 16.7. The molecule has 0 radical (unpaired) electrons. The number of amides is 2. The van der Waals surface area contributed by atoms with Gasteiger partial charge in [0.25, 0.3) is 0 Å². The zero-order chi connectivity index (χ0) is 19.7. The summed E-state index contributed by atoms with van der Waals surface area (Å²) >= 11 is 0. The van der Waals surface area contributed by atoms with Crippen molar-refractivity contribution in [3.8, 4) is 0 Å². The molecule has 1 aromatic heterocycles. The van der Waals surface area contributed by atoms with Gasteiger partial charge in [0.05, 0.1) is 16.8 Å². The quantitative estimate of drug-likeness (QED) is 0.710. The summed E-state index contributed by atoms with van der Waals surface area (Å²) in [6.07, 6.45) is 0.525. The molecule has 0 saturated carbocycles. The minimum absolute atomic E-state index is 0.0363. The second-order valence-corrected chi connectivity index (χ2v) is 6.79. The average molecular weight is 384 g/mol. The molecule has 3 aromatic rings. The van der Waals surface area contributed by atoms with E-state index in [4.69, 9.17) is 0 Å². The molecule has 2 N–H and O–H groups in total. The first-order valence-corrected chi connectivity index (χ1v) is 8.98. The Morgan fingerprint density at radius 3 is 2.89 bits per heavy atom. The molecule has 8 heteroatoms. The Hall–Kier alpha value is -3.29. The highest BCUT2D eigenvalue weighted by molar-refractivity contribution is 6.05. The monoisotopic (exact) mass is 384 g/mol. The maximum Gasteiger partial charge on any atom is 0.229 e. The molecule has 0 aliphatic carbocycles. The van der Waals surface area contributed by atoms with Gasteiger partial charge in [0.1, 0.15) is 11.6 Å². The number of carbonyl (C=O) groups is 2. The second-order valence-electron chi connectivity index (χ2n) is 6.79. The molecule has 0 unspecified atom stereocenters. The van der Waals surface area contributed by atoms with Gasteiger partial charge in [-0.15, -0.1) is 0 Å². The number of benzene rings is 2. The van der Waals surface area contributed by atoms with Crippen molar-refractivity contribution in [1.29, 1.82) is 0 Å². The van der Waals surface area contributed by atoms with Crippen LogP contribution in [0.1, 0.15) is 12.0 Å². The summed E-state index contributed by atoms with van der Waals surface area (Å²) in [6.45, 7) is 0.478. The summed E-state index contributed by atoms with van der Waals surface area (Å²) in [5, 5.41) is 9.80. The third kappa shape index (κ3) is 3.45. The van der Waals surface area contributed by atoms with Crippen LogP contribution in [0.15, 0.2) is 42.5 Å². The lowest BCUT2D eigenvalue weighted by Gasteiger charge is -2.14. The molecule has 1 aliphatic rings.